The van der Waals surface area contributed by atoms with Gasteiger partial charge in [0, 0.05) is 7.11 Å². The highest BCUT2D eigenvalue weighted by molar-refractivity contribution is 7.52. The van der Waals surface area contributed by atoms with Gasteiger partial charge in [-0.15, -0.1) is 0 Å². The van der Waals surface area contributed by atoms with Crippen LogP contribution >= 0.6 is 15.2 Å². The Morgan fingerprint density at radius 1 is 0.852 bits per heavy atom. The van der Waals surface area contributed by atoms with E-state index in [1.807, 2.05) is 0 Å². The van der Waals surface area contributed by atoms with Gasteiger partial charge in [-0.05, 0) is 0 Å². The molecule has 14 heteroatoms. The third-order valence-electron chi connectivity index (χ3n) is 2.49. The third kappa shape index (κ3) is 19.2. The van der Waals surface area contributed by atoms with Crippen molar-refractivity contribution in [3.05, 3.63) is 24.3 Å². The van der Waals surface area contributed by atoms with Gasteiger partial charge in [0.15, 0.2) is 0 Å². The summed E-state index contributed by atoms with van der Waals surface area (Å²) in [6.45, 7) is 5.76. The first-order chi connectivity index (χ1) is 12.2. The van der Waals surface area contributed by atoms with Crippen LogP contribution in [0.5, 0.6) is 0 Å². The van der Waals surface area contributed by atoms with E-state index in [2.05, 4.69) is 22.4 Å². The van der Waals surface area contributed by atoms with Gasteiger partial charge in [-0.3, -0.25) is 9.13 Å². The number of rotatable bonds is 13. The molecule has 0 heterocycles. The number of carbonyl (C=O) groups is 2. The normalized spacial score (nSPS) is 13.0. The zero-order valence-corrected chi connectivity index (χ0v) is 16.4. The second-order valence-electron chi connectivity index (χ2n) is 4.85. The highest BCUT2D eigenvalue weighted by Crippen LogP contribution is 2.39. The van der Waals surface area contributed by atoms with E-state index in [4.69, 9.17) is 29.6 Å². The van der Waals surface area contributed by atoms with Gasteiger partial charge in [-0.2, -0.15) is 0 Å². The molecular weight excluding hydrogens is 410 g/mol. The first-order valence-electron chi connectivity index (χ1n) is 7.11. The van der Waals surface area contributed by atoms with Gasteiger partial charge in [-0.25, -0.2) is 9.59 Å². The minimum Gasteiger partial charge on any atom is -0.478 e. The van der Waals surface area contributed by atoms with E-state index >= 15 is 0 Å². The Balaban J connectivity index is 0. The van der Waals surface area contributed by atoms with Crippen molar-refractivity contribution in [2.45, 2.75) is 0 Å². The van der Waals surface area contributed by atoms with Gasteiger partial charge < -0.3 is 38.9 Å². The number of carboxylic acid groups (broad SMARTS) is 2. The maximum Gasteiger partial charge on any atom is 0.333 e. The van der Waals surface area contributed by atoms with Crippen molar-refractivity contribution in [3.63, 3.8) is 0 Å². The zero-order valence-electron chi connectivity index (χ0n) is 14.6. The summed E-state index contributed by atoms with van der Waals surface area (Å²) in [7, 11) is -6.49. The molecule has 0 amide bonds. The fourth-order valence-corrected chi connectivity index (χ4v) is 1.88. The lowest BCUT2D eigenvalue weighted by molar-refractivity contribution is -0.134. The van der Waals surface area contributed by atoms with E-state index in [0.29, 0.717) is 0 Å². The monoisotopic (exact) mass is 434 g/mol. The molecule has 158 valence electrons. The van der Waals surface area contributed by atoms with E-state index in [0.717, 1.165) is 7.11 Å². The van der Waals surface area contributed by atoms with Crippen LogP contribution in [0.1, 0.15) is 0 Å². The first kappa shape index (κ1) is 27.9. The molecule has 0 rings (SSSR count). The molecule has 0 aromatic rings. The van der Waals surface area contributed by atoms with E-state index in [1.165, 1.54) is 0 Å². The third-order valence-corrected chi connectivity index (χ3v) is 4.57. The van der Waals surface area contributed by atoms with Crippen LogP contribution in [-0.4, -0.2) is 82.7 Å². The van der Waals surface area contributed by atoms with Crippen LogP contribution in [0, 0.1) is 0 Å². The predicted octanol–water partition coefficient (Wildman–Crippen LogP) is 0.297. The molecule has 0 aliphatic carbocycles. The number of carboxylic acids is 2. The molecule has 0 aliphatic heterocycles. The van der Waals surface area contributed by atoms with Crippen molar-refractivity contribution < 1.29 is 57.6 Å². The fourth-order valence-electron chi connectivity index (χ4n) is 0.969. The quantitative estimate of drug-likeness (QED) is 0.151. The van der Waals surface area contributed by atoms with Crippen molar-refractivity contribution in [2.75, 3.05) is 45.9 Å². The summed E-state index contributed by atoms with van der Waals surface area (Å²) < 4.78 is 34.9. The van der Waals surface area contributed by atoms with E-state index in [1.54, 1.807) is 0 Å². The predicted molar refractivity (Wildman–Crippen MR) is 93.8 cm³/mol. The topological polar surface area (TPSA) is 197 Å². The van der Waals surface area contributed by atoms with Gasteiger partial charge in [-0.1, -0.05) is 13.2 Å². The molecule has 5 N–H and O–H groups in total. The van der Waals surface area contributed by atoms with Crippen LogP contribution in [0.4, 0.5) is 0 Å². The molecule has 1 unspecified atom stereocenters. The van der Waals surface area contributed by atoms with Crippen LogP contribution in [0.2, 0.25) is 0 Å². The molecule has 0 fully saturated rings. The van der Waals surface area contributed by atoms with Crippen LogP contribution < -0.4 is 0 Å². The highest BCUT2D eigenvalue weighted by atomic mass is 31.2. The summed E-state index contributed by atoms with van der Waals surface area (Å²) in [5.41, 5.74) is -0.249. The molecule has 0 bridgehead atoms. The van der Waals surface area contributed by atoms with Crippen LogP contribution in [0.15, 0.2) is 24.3 Å². The van der Waals surface area contributed by atoms with E-state index in [9.17, 15) is 18.7 Å². The first-order valence-corrected chi connectivity index (χ1v) is 10.7. The average molecular weight is 434 g/mol. The Morgan fingerprint density at radius 3 is 1.52 bits per heavy atom. The zero-order chi connectivity index (χ0) is 21.7. The molecule has 0 radical (unpaired) electrons. The van der Waals surface area contributed by atoms with Crippen molar-refractivity contribution in [2.24, 2.45) is 0 Å². The average Bonchev–Trinajstić information content (AvgIpc) is 2.54. The minimum absolute atomic E-state index is 0.0477. The summed E-state index contributed by atoms with van der Waals surface area (Å²) >= 11 is 0. The lowest BCUT2D eigenvalue weighted by atomic mass is 10.3. The van der Waals surface area contributed by atoms with Crippen molar-refractivity contribution in [3.8, 4) is 0 Å². The van der Waals surface area contributed by atoms with Gasteiger partial charge >= 0.3 is 27.1 Å². The maximum absolute atomic E-state index is 10.9. The summed E-state index contributed by atoms with van der Waals surface area (Å²) in [6, 6.07) is 0. The summed E-state index contributed by atoms with van der Waals surface area (Å²) in [4.78, 5) is 46.1. The smallest absolute Gasteiger partial charge is 0.333 e. The standard InChI is InChI=1S/C7H13O6P.C6H11O6P/c1-6(7(8)9)5-13-3-4-14(10,11)12-2;1-5(6(7)8)4-12-2-3-13(9,10)11/h1,3-5H2,2H3,(H,8,9)(H,10,11);1-4H2,(H,7,8)(H2,9,10,11). The van der Waals surface area contributed by atoms with Gasteiger partial charge in [0.2, 0.25) is 0 Å². The summed E-state index contributed by atoms with van der Waals surface area (Å²) in [5, 5.41) is 16.7. The molecule has 0 aromatic carbocycles. The van der Waals surface area contributed by atoms with Gasteiger partial charge in [0.1, 0.15) is 0 Å². The molecule has 0 aromatic heterocycles. The van der Waals surface area contributed by atoms with Crippen molar-refractivity contribution in [1.29, 1.82) is 0 Å². The SMILES string of the molecule is C=C(COCCP(=O)(O)O)C(=O)O.C=C(COCCP(=O)(O)OC)C(=O)O. The number of aliphatic carboxylic acids is 2. The Labute approximate surface area is 155 Å². The Bertz CT molecular complexity index is 608. The van der Waals surface area contributed by atoms with Crippen molar-refractivity contribution in [1.82, 2.24) is 0 Å². The number of hydrogen-bond donors (Lipinski definition) is 5. The minimum atomic E-state index is -4.05. The largest absolute Gasteiger partial charge is 0.478 e. The fraction of sp³-hybridized carbons (Fsp3) is 0.538. The highest BCUT2D eigenvalue weighted by Gasteiger charge is 2.16. The second kappa shape index (κ2) is 13.8. The van der Waals surface area contributed by atoms with E-state index in [-0.39, 0.29) is 43.7 Å². The number of hydrogen-bond acceptors (Lipinski definition) is 7. The summed E-state index contributed by atoms with van der Waals surface area (Å²) in [5.74, 6) is -2.33. The van der Waals surface area contributed by atoms with Gasteiger partial charge in [0.25, 0.3) is 0 Å². The molecule has 27 heavy (non-hydrogen) atoms. The molecule has 0 saturated carbocycles. The lowest BCUT2D eigenvalue weighted by Gasteiger charge is -2.08. The van der Waals surface area contributed by atoms with Crippen LogP contribution in [0.25, 0.3) is 0 Å². The Kier molecular flexibility index (Phi) is 14.2. The molecule has 12 nitrogen and oxygen atoms in total. The Hall–Kier alpha value is -1.36. The lowest BCUT2D eigenvalue weighted by Crippen LogP contribution is -2.09. The molecule has 0 saturated heterocycles. The van der Waals surface area contributed by atoms with E-state index < -0.39 is 33.3 Å². The molecular formula is C13H24O12P2. The number of ether oxygens (including phenoxy) is 2. The molecule has 1 atom stereocenters. The second-order valence-corrected chi connectivity index (χ2v) is 8.72. The Morgan fingerprint density at radius 2 is 1.22 bits per heavy atom. The van der Waals surface area contributed by atoms with Crippen molar-refractivity contribution >= 4 is 27.1 Å². The maximum atomic E-state index is 10.9. The van der Waals surface area contributed by atoms with Crippen LogP contribution in [0.3, 0.4) is 0 Å². The molecule has 0 aliphatic rings. The van der Waals surface area contributed by atoms with Gasteiger partial charge in [0.05, 0.1) is 49.9 Å². The molecule has 0 spiro atoms. The van der Waals surface area contributed by atoms with Crippen LogP contribution in [-0.2, 0) is 32.7 Å². The summed E-state index contributed by atoms with van der Waals surface area (Å²) in [6.07, 6.45) is -0.587.